The minimum atomic E-state index is -0.252. The zero-order valence-corrected chi connectivity index (χ0v) is 14.2. The number of amides is 1. The number of carbonyl (C=O) groups excluding carboxylic acids is 2. The molecule has 0 saturated carbocycles. The van der Waals surface area contributed by atoms with Gasteiger partial charge in [-0.3, -0.25) is 9.59 Å². The fourth-order valence-electron chi connectivity index (χ4n) is 3.01. The van der Waals surface area contributed by atoms with Gasteiger partial charge in [0.25, 0.3) is 5.91 Å². The second-order valence-electron chi connectivity index (χ2n) is 6.10. The number of piperidine rings is 1. The number of ether oxygens (including phenoxy) is 1. The van der Waals surface area contributed by atoms with Crippen molar-refractivity contribution in [2.24, 2.45) is 5.92 Å². The van der Waals surface area contributed by atoms with Gasteiger partial charge in [-0.05, 0) is 51.0 Å². The topological polar surface area (TPSA) is 83.6 Å². The summed E-state index contributed by atoms with van der Waals surface area (Å²) in [5, 5.41) is 11.7. The number of carbonyl (C=O) groups is 2. The quantitative estimate of drug-likeness (QED) is 0.780. The Balaban J connectivity index is 1.94. The summed E-state index contributed by atoms with van der Waals surface area (Å²) in [4.78, 5) is 25.5. The first kappa shape index (κ1) is 18.0. The maximum Gasteiger partial charge on any atom is 0.314 e. The Hall–Kier alpha value is -2.39. The molecule has 0 aromatic heterocycles. The zero-order chi connectivity index (χ0) is 17.5. The number of quaternary nitrogens is 1. The molecule has 1 aromatic carbocycles. The van der Waals surface area contributed by atoms with Crippen LogP contribution >= 0.6 is 0 Å². The van der Waals surface area contributed by atoms with Crippen molar-refractivity contribution >= 4 is 17.6 Å². The minimum absolute atomic E-state index is 0.0841. The predicted molar refractivity (Wildman–Crippen MR) is 89.3 cm³/mol. The summed E-state index contributed by atoms with van der Waals surface area (Å²) in [7, 11) is 0. The number of anilines is 1. The second kappa shape index (κ2) is 8.46. The first-order valence-corrected chi connectivity index (χ1v) is 8.37. The lowest BCUT2D eigenvalue weighted by atomic mass is 9.97. The fourth-order valence-corrected chi connectivity index (χ4v) is 3.01. The van der Waals surface area contributed by atoms with E-state index in [9.17, 15) is 9.59 Å². The van der Waals surface area contributed by atoms with E-state index in [4.69, 9.17) is 10.00 Å². The second-order valence-corrected chi connectivity index (χ2v) is 6.10. The van der Waals surface area contributed by atoms with E-state index in [1.54, 1.807) is 31.2 Å². The van der Waals surface area contributed by atoms with Gasteiger partial charge in [-0.25, -0.2) is 0 Å². The highest BCUT2D eigenvalue weighted by Gasteiger charge is 2.34. The number of rotatable bonds is 5. The molecule has 1 aliphatic heterocycles. The summed E-state index contributed by atoms with van der Waals surface area (Å²) in [5.74, 6) is -0.368. The van der Waals surface area contributed by atoms with Gasteiger partial charge in [0.15, 0.2) is 6.04 Å². The van der Waals surface area contributed by atoms with Crippen LogP contribution in [0.1, 0.15) is 32.3 Å². The Kier molecular flexibility index (Phi) is 6.33. The van der Waals surface area contributed by atoms with Gasteiger partial charge in [0, 0.05) is 5.69 Å². The van der Waals surface area contributed by atoms with Crippen LogP contribution in [0, 0.1) is 17.2 Å². The molecule has 2 N–H and O–H groups in total. The van der Waals surface area contributed by atoms with Gasteiger partial charge in [0.2, 0.25) is 0 Å². The third kappa shape index (κ3) is 4.56. The van der Waals surface area contributed by atoms with Crippen molar-refractivity contribution in [3.05, 3.63) is 29.8 Å². The van der Waals surface area contributed by atoms with Gasteiger partial charge in [-0.1, -0.05) is 0 Å². The normalized spacial score (nSPS) is 21.4. The lowest BCUT2D eigenvalue weighted by molar-refractivity contribution is -0.921. The molecule has 0 aliphatic carbocycles. The lowest BCUT2D eigenvalue weighted by Gasteiger charge is -2.32. The Bertz CT molecular complexity index is 621. The van der Waals surface area contributed by atoms with E-state index >= 15 is 0 Å². The number of hydrogen-bond acceptors (Lipinski definition) is 4. The van der Waals surface area contributed by atoms with Crippen LogP contribution in [0.4, 0.5) is 5.69 Å². The Morgan fingerprint density at radius 2 is 2.12 bits per heavy atom. The Morgan fingerprint density at radius 1 is 1.42 bits per heavy atom. The molecular formula is C18H24N3O3+. The predicted octanol–water partition coefficient (Wildman–Crippen LogP) is 0.743. The SMILES string of the molecule is CCOC(=O)[C@H]1CCC[NH+]([C@@H](C)C(=O)Nc2ccc(C#N)cc2)C1. The number of likely N-dealkylation sites (tertiary alicyclic amines) is 1. The van der Waals surface area contributed by atoms with Crippen molar-refractivity contribution in [3.63, 3.8) is 0 Å². The van der Waals surface area contributed by atoms with E-state index in [1.807, 2.05) is 13.0 Å². The maximum absolute atomic E-state index is 12.5. The summed E-state index contributed by atoms with van der Waals surface area (Å²) in [6, 6.07) is 8.57. The molecule has 24 heavy (non-hydrogen) atoms. The standard InChI is InChI=1S/C18H23N3O3/c1-3-24-18(23)15-5-4-10-21(12-15)13(2)17(22)20-16-8-6-14(11-19)7-9-16/h6-9,13,15H,3-5,10,12H2,1-2H3,(H,20,22)/p+1/t13-,15-/m0/s1. The largest absolute Gasteiger partial charge is 0.466 e. The molecule has 128 valence electrons. The number of nitrogens with zero attached hydrogens (tertiary/aromatic N) is 1. The molecule has 1 aromatic rings. The van der Waals surface area contributed by atoms with Crippen LogP contribution in [0.5, 0.6) is 0 Å². The number of hydrogen-bond donors (Lipinski definition) is 2. The smallest absolute Gasteiger partial charge is 0.314 e. The van der Waals surface area contributed by atoms with E-state index in [0.29, 0.717) is 24.4 Å². The molecule has 1 amide bonds. The molecule has 1 fully saturated rings. The van der Waals surface area contributed by atoms with Crippen LogP contribution in [-0.4, -0.2) is 37.6 Å². The van der Waals surface area contributed by atoms with E-state index in [1.165, 1.54) is 0 Å². The maximum atomic E-state index is 12.5. The Labute approximate surface area is 142 Å². The third-order valence-corrected chi connectivity index (χ3v) is 4.47. The summed E-state index contributed by atoms with van der Waals surface area (Å²) in [6.07, 6.45) is 1.74. The molecule has 1 saturated heterocycles. The lowest BCUT2D eigenvalue weighted by Crippen LogP contribution is -3.18. The van der Waals surface area contributed by atoms with Crippen LogP contribution in [0.15, 0.2) is 24.3 Å². The molecule has 6 nitrogen and oxygen atoms in total. The van der Waals surface area contributed by atoms with Crippen LogP contribution in [0.25, 0.3) is 0 Å². The summed E-state index contributed by atoms with van der Waals surface area (Å²) in [5.41, 5.74) is 1.23. The first-order valence-electron chi connectivity index (χ1n) is 8.37. The minimum Gasteiger partial charge on any atom is -0.466 e. The van der Waals surface area contributed by atoms with E-state index in [-0.39, 0.29) is 23.8 Å². The van der Waals surface area contributed by atoms with E-state index < -0.39 is 0 Å². The van der Waals surface area contributed by atoms with Crippen molar-refractivity contribution in [2.75, 3.05) is 25.0 Å². The average molecular weight is 330 g/mol. The average Bonchev–Trinajstić information content (AvgIpc) is 2.62. The highest BCUT2D eigenvalue weighted by atomic mass is 16.5. The van der Waals surface area contributed by atoms with E-state index in [2.05, 4.69) is 5.32 Å². The molecule has 1 aliphatic rings. The van der Waals surface area contributed by atoms with Crippen LogP contribution < -0.4 is 10.2 Å². The van der Waals surface area contributed by atoms with Gasteiger partial charge < -0.3 is 15.0 Å². The van der Waals surface area contributed by atoms with Crippen molar-refractivity contribution in [1.82, 2.24) is 0 Å². The monoisotopic (exact) mass is 330 g/mol. The number of benzene rings is 1. The highest BCUT2D eigenvalue weighted by Crippen LogP contribution is 2.11. The molecule has 2 rings (SSSR count). The van der Waals surface area contributed by atoms with Crippen molar-refractivity contribution in [2.45, 2.75) is 32.7 Å². The molecule has 0 radical (unpaired) electrons. The van der Waals surface area contributed by atoms with Crippen molar-refractivity contribution in [1.29, 1.82) is 5.26 Å². The van der Waals surface area contributed by atoms with E-state index in [0.717, 1.165) is 24.3 Å². The van der Waals surface area contributed by atoms with Crippen molar-refractivity contribution < 1.29 is 19.2 Å². The van der Waals surface area contributed by atoms with Gasteiger partial charge >= 0.3 is 5.97 Å². The number of nitriles is 1. The van der Waals surface area contributed by atoms with Crippen LogP contribution in [0.2, 0.25) is 0 Å². The molecule has 6 heteroatoms. The molecular weight excluding hydrogens is 306 g/mol. The summed E-state index contributed by atoms with van der Waals surface area (Å²) >= 11 is 0. The number of nitrogens with one attached hydrogen (secondary N) is 2. The van der Waals surface area contributed by atoms with Gasteiger partial charge in [-0.15, -0.1) is 0 Å². The summed E-state index contributed by atoms with van der Waals surface area (Å²) in [6.45, 7) is 5.57. The first-order chi connectivity index (χ1) is 11.5. The third-order valence-electron chi connectivity index (χ3n) is 4.47. The molecule has 1 heterocycles. The fraction of sp³-hybridized carbons (Fsp3) is 0.500. The molecule has 3 atom stereocenters. The van der Waals surface area contributed by atoms with Crippen LogP contribution in [-0.2, 0) is 14.3 Å². The molecule has 0 spiro atoms. The zero-order valence-electron chi connectivity index (χ0n) is 14.2. The summed E-state index contributed by atoms with van der Waals surface area (Å²) < 4.78 is 5.11. The van der Waals surface area contributed by atoms with Crippen molar-refractivity contribution in [3.8, 4) is 6.07 Å². The van der Waals surface area contributed by atoms with Gasteiger partial charge in [0.1, 0.15) is 5.92 Å². The van der Waals surface area contributed by atoms with Gasteiger partial charge in [-0.2, -0.15) is 5.26 Å². The highest BCUT2D eigenvalue weighted by molar-refractivity contribution is 5.93. The molecule has 0 bridgehead atoms. The van der Waals surface area contributed by atoms with Gasteiger partial charge in [0.05, 0.1) is 31.3 Å². The van der Waals surface area contributed by atoms with Crippen LogP contribution in [0.3, 0.4) is 0 Å². The number of esters is 1. The Morgan fingerprint density at radius 3 is 2.75 bits per heavy atom. The molecule has 1 unspecified atom stereocenters.